The lowest BCUT2D eigenvalue weighted by Gasteiger charge is -2.28. The van der Waals surface area contributed by atoms with E-state index in [2.05, 4.69) is 10.5 Å². The molecular weight excluding hydrogens is 342 g/mol. The van der Waals surface area contributed by atoms with Crippen LogP contribution in [-0.2, 0) is 6.54 Å². The fourth-order valence-electron chi connectivity index (χ4n) is 3.64. The van der Waals surface area contributed by atoms with Gasteiger partial charge in [-0.1, -0.05) is 36.2 Å². The van der Waals surface area contributed by atoms with Crippen LogP contribution in [-0.4, -0.2) is 34.5 Å². The zero-order valence-corrected chi connectivity index (χ0v) is 15.4. The van der Waals surface area contributed by atoms with E-state index < -0.39 is 0 Å². The third-order valence-electron chi connectivity index (χ3n) is 5.41. The SMILES string of the molecule is O=C(NCC1CC1)c1cc(CN(C(=O)c2ccccc2)C2CCCC2)on1. The number of nitrogens with zero attached hydrogens (tertiary/aromatic N) is 2. The summed E-state index contributed by atoms with van der Waals surface area (Å²) in [7, 11) is 0. The molecule has 0 saturated heterocycles. The van der Waals surface area contributed by atoms with Crippen molar-refractivity contribution in [2.24, 2.45) is 5.92 Å². The maximum absolute atomic E-state index is 13.0. The smallest absolute Gasteiger partial charge is 0.273 e. The first kappa shape index (κ1) is 17.8. The van der Waals surface area contributed by atoms with Crippen molar-refractivity contribution in [1.29, 1.82) is 0 Å². The maximum atomic E-state index is 13.0. The van der Waals surface area contributed by atoms with Crippen LogP contribution in [0, 0.1) is 5.92 Å². The van der Waals surface area contributed by atoms with Crippen molar-refractivity contribution >= 4 is 11.8 Å². The van der Waals surface area contributed by atoms with Gasteiger partial charge >= 0.3 is 0 Å². The van der Waals surface area contributed by atoms with Gasteiger partial charge in [-0.05, 0) is 43.7 Å². The number of carbonyl (C=O) groups is 2. The van der Waals surface area contributed by atoms with Crippen molar-refractivity contribution in [2.45, 2.75) is 51.1 Å². The van der Waals surface area contributed by atoms with E-state index in [1.54, 1.807) is 6.07 Å². The first-order valence-corrected chi connectivity index (χ1v) is 9.80. The van der Waals surface area contributed by atoms with Gasteiger partial charge in [-0.15, -0.1) is 0 Å². The number of hydrogen-bond acceptors (Lipinski definition) is 4. The highest BCUT2D eigenvalue weighted by molar-refractivity contribution is 5.94. The van der Waals surface area contributed by atoms with Crippen molar-refractivity contribution in [3.63, 3.8) is 0 Å². The molecule has 4 rings (SSSR count). The van der Waals surface area contributed by atoms with Gasteiger partial charge in [-0.2, -0.15) is 0 Å². The lowest BCUT2D eigenvalue weighted by Crippen LogP contribution is -2.38. The molecule has 0 unspecified atom stereocenters. The van der Waals surface area contributed by atoms with Crippen LogP contribution in [0.15, 0.2) is 40.9 Å². The standard InChI is InChI=1S/C21H25N3O3/c25-20(22-13-15-10-11-15)19-12-18(27-23-19)14-24(17-8-4-5-9-17)21(26)16-6-2-1-3-7-16/h1-3,6-7,12,15,17H,4-5,8-11,13-14H2,(H,22,25). The zero-order valence-electron chi connectivity index (χ0n) is 15.4. The van der Waals surface area contributed by atoms with Crippen LogP contribution in [0.4, 0.5) is 0 Å². The summed E-state index contributed by atoms with van der Waals surface area (Å²) < 4.78 is 5.38. The van der Waals surface area contributed by atoms with E-state index in [-0.39, 0.29) is 23.6 Å². The van der Waals surface area contributed by atoms with Crippen molar-refractivity contribution in [3.8, 4) is 0 Å². The lowest BCUT2D eigenvalue weighted by molar-refractivity contribution is 0.0643. The van der Waals surface area contributed by atoms with Crippen molar-refractivity contribution in [3.05, 3.63) is 53.4 Å². The van der Waals surface area contributed by atoms with Crippen molar-refractivity contribution in [2.75, 3.05) is 6.54 Å². The first-order chi connectivity index (χ1) is 13.2. The molecule has 0 bridgehead atoms. The Morgan fingerprint density at radius 3 is 2.56 bits per heavy atom. The van der Waals surface area contributed by atoms with Crippen LogP contribution in [0.25, 0.3) is 0 Å². The van der Waals surface area contributed by atoms with Crippen LogP contribution in [0.1, 0.15) is 65.1 Å². The average molecular weight is 367 g/mol. The molecule has 1 N–H and O–H groups in total. The second-order valence-electron chi connectivity index (χ2n) is 7.57. The molecule has 0 radical (unpaired) electrons. The van der Waals surface area contributed by atoms with Crippen LogP contribution in [0.2, 0.25) is 0 Å². The fraction of sp³-hybridized carbons (Fsp3) is 0.476. The number of benzene rings is 1. The highest BCUT2D eigenvalue weighted by atomic mass is 16.5. The molecule has 2 aromatic rings. The third-order valence-corrected chi connectivity index (χ3v) is 5.41. The maximum Gasteiger partial charge on any atom is 0.273 e. The number of rotatable bonds is 7. The number of carbonyl (C=O) groups excluding carboxylic acids is 2. The van der Waals surface area contributed by atoms with Gasteiger partial charge in [0.15, 0.2) is 11.5 Å². The summed E-state index contributed by atoms with van der Waals surface area (Å²) in [5.74, 6) is 0.946. The predicted molar refractivity (Wildman–Crippen MR) is 100 cm³/mol. The number of aromatic nitrogens is 1. The Labute approximate surface area is 158 Å². The number of amides is 2. The summed E-state index contributed by atoms with van der Waals surface area (Å²) in [4.78, 5) is 27.1. The topological polar surface area (TPSA) is 75.4 Å². The van der Waals surface area contributed by atoms with E-state index in [9.17, 15) is 9.59 Å². The van der Waals surface area contributed by atoms with Crippen LogP contribution >= 0.6 is 0 Å². The van der Waals surface area contributed by atoms with Gasteiger partial charge in [0.1, 0.15) is 0 Å². The van der Waals surface area contributed by atoms with Gasteiger partial charge < -0.3 is 14.7 Å². The quantitative estimate of drug-likeness (QED) is 0.814. The van der Waals surface area contributed by atoms with Gasteiger partial charge in [0.05, 0.1) is 6.54 Å². The number of hydrogen-bond donors (Lipinski definition) is 1. The van der Waals surface area contributed by atoms with E-state index in [4.69, 9.17) is 4.52 Å². The average Bonchev–Trinajstić information content (AvgIpc) is 3.17. The molecule has 1 aromatic heterocycles. The summed E-state index contributed by atoms with van der Waals surface area (Å²) >= 11 is 0. The molecule has 0 aliphatic heterocycles. The summed E-state index contributed by atoms with van der Waals surface area (Å²) in [5, 5.41) is 6.79. The van der Waals surface area contributed by atoms with Gasteiger partial charge in [0.2, 0.25) is 0 Å². The molecule has 142 valence electrons. The van der Waals surface area contributed by atoms with E-state index in [1.165, 1.54) is 12.8 Å². The Balaban J connectivity index is 1.46. The molecule has 2 aliphatic rings. The van der Waals surface area contributed by atoms with Crippen LogP contribution < -0.4 is 5.32 Å². The summed E-state index contributed by atoms with van der Waals surface area (Å²) in [5.41, 5.74) is 0.954. The molecule has 2 aliphatic carbocycles. The van der Waals surface area contributed by atoms with E-state index >= 15 is 0 Å². The second kappa shape index (κ2) is 7.94. The monoisotopic (exact) mass is 367 g/mol. The minimum Gasteiger partial charge on any atom is -0.359 e. The molecule has 27 heavy (non-hydrogen) atoms. The first-order valence-electron chi connectivity index (χ1n) is 9.80. The predicted octanol–water partition coefficient (Wildman–Crippen LogP) is 3.40. The Kier molecular flexibility index (Phi) is 5.23. The molecule has 0 atom stereocenters. The second-order valence-corrected chi connectivity index (χ2v) is 7.57. The highest BCUT2D eigenvalue weighted by Crippen LogP contribution is 2.28. The Morgan fingerprint density at radius 2 is 1.85 bits per heavy atom. The van der Waals surface area contributed by atoms with Gasteiger partial charge in [0, 0.05) is 24.2 Å². The highest BCUT2D eigenvalue weighted by Gasteiger charge is 2.29. The van der Waals surface area contributed by atoms with Crippen LogP contribution in [0.3, 0.4) is 0 Å². The van der Waals surface area contributed by atoms with Gasteiger partial charge in [-0.25, -0.2) is 0 Å². The summed E-state index contributed by atoms with van der Waals surface area (Å²) in [6, 6.07) is 11.2. The van der Waals surface area contributed by atoms with Gasteiger partial charge in [0.25, 0.3) is 11.8 Å². The van der Waals surface area contributed by atoms with Gasteiger partial charge in [-0.3, -0.25) is 9.59 Å². The molecule has 6 heteroatoms. The fourth-order valence-corrected chi connectivity index (χ4v) is 3.64. The van der Waals surface area contributed by atoms with E-state index in [1.807, 2.05) is 35.2 Å². The molecule has 1 aromatic carbocycles. The number of nitrogens with one attached hydrogen (secondary N) is 1. The van der Waals surface area contributed by atoms with E-state index in [0.717, 1.165) is 25.7 Å². The molecule has 6 nitrogen and oxygen atoms in total. The Hall–Kier alpha value is -2.63. The minimum atomic E-state index is -0.210. The normalized spacial score (nSPS) is 17.0. The third kappa shape index (κ3) is 4.38. The molecular formula is C21H25N3O3. The summed E-state index contributed by atoms with van der Waals surface area (Å²) in [6.07, 6.45) is 6.64. The molecule has 2 fully saturated rings. The minimum absolute atomic E-state index is 0.00126. The van der Waals surface area contributed by atoms with Crippen molar-refractivity contribution in [1.82, 2.24) is 15.4 Å². The summed E-state index contributed by atoms with van der Waals surface area (Å²) in [6.45, 7) is 1.03. The molecule has 0 spiro atoms. The van der Waals surface area contributed by atoms with Crippen molar-refractivity contribution < 1.29 is 14.1 Å². The molecule has 1 heterocycles. The largest absolute Gasteiger partial charge is 0.359 e. The Bertz CT molecular complexity index is 792. The Morgan fingerprint density at radius 1 is 1.11 bits per heavy atom. The zero-order chi connectivity index (χ0) is 18.6. The molecule has 2 amide bonds. The van der Waals surface area contributed by atoms with E-state index in [0.29, 0.717) is 30.3 Å². The molecule has 2 saturated carbocycles. The van der Waals surface area contributed by atoms with Crippen LogP contribution in [0.5, 0.6) is 0 Å². The lowest BCUT2D eigenvalue weighted by atomic mass is 10.1.